The average molecular weight is 199 g/mol. The van der Waals surface area contributed by atoms with E-state index in [9.17, 15) is 9.18 Å². The van der Waals surface area contributed by atoms with Gasteiger partial charge in [-0.05, 0) is 11.6 Å². The van der Waals surface area contributed by atoms with Crippen molar-refractivity contribution in [3.05, 3.63) is 24.2 Å². The second-order valence-electron chi connectivity index (χ2n) is 3.41. The van der Waals surface area contributed by atoms with Gasteiger partial charge in [-0.2, -0.15) is 0 Å². The number of rotatable bonds is 2. The summed E-state index contributed by atoms with van der Waals surface area (Å²) < 4.78 is 18.8. The highest BCUT2D eigenvalue weighted by Gasteiger charge is 2.51. The molecule has 0 spiro atoms. The smallest absolute Gasteiger partial charge is 0.343 e. The van der Waals surface area contributed by atoms with Crippen molar-refractivity contribution in [3.8, 4) is 0 Å². The zero-order chi connectivity index (χ0) is 10.2. The minimum Gasteiger partial charge on any atom is -0.479 e. The molecule has 0 bridgehead atoms. The molecule has 0 aromatic carbocycles. The van der Waals surface area contributed by atoms with Crippen LogP contribution in [0.15, 0.2) is 23.0 Å². The van der Waals surface area contributed by atoms with E-state index >= 15 is 0 Å². The van der Waals surface area contributed by atoms with Crippen LogP contribution in [0.4, 0.5) is 4.39 Å². The average Bonchev–Trinajstić information content (AvgIpc) is 2.72. The van der Waals surface area contributed by atoms with E-state index in [1.54, 1.807) is 6.07 Å². The van der Waals surface area contributed by atoms with E-state index in [1.165, 1.54) is 12.5 Å². The maximum atomic E-state index is 14.0. The molecule has 1 fully saturated rings. The zero-order valence-corrected chi connectivity index (χ0v) is 7.37. The Hall–Kier alpha value is -1.36. The summed E-state index contributed by atoms with van der Waals surface area (Å²) in [6.07, 6.45) is 2.80. The molecule has 5 heteroatoms. The molecule has 1 saturated heterocycles. The quantitative estimate of drug-likeness (QED) is 0.738. The van der Waals surface area contributed by atoms with Gasteiger partial charge in [-0.1, -0.05) is 0 Å². The number of alkyl halides is 1. The largest absolute Gasteiger partial charge is 0.479 e. The van der Waals surface area contributed by atoms with Gasteiger partial charge in [0.25, 0.3) is 0 Å². The van der Waals surface area contributed by atoms with Crippen molar-refractivity contribution in [1.82, 2.24) is 5.32 Å². The van der Waals surface area contributed by atoms with E-state index in [2.05, 4.69) is 5.32 Å². The van der Waals surface area contributed by atoms with Gasteiger partial charge in [0.15, 0.2) is 0 Å². The van der Waals surface area contributed by atoms with Crippen molar-refractivity contribution in [2.75, 3.05) is 13.1 Å². The number of nitrogens with one attached hydrogen (secondary N) is 1. The number of carboxylic acids is 1. The lowest BCUT2D eigenvalue weighted by atomic mass is 9.88. The fraction of sp³-hybridized carbons (Fsp3) is 0.444. The summed E-state index contributed by atoms with van der Waals surface area (Å²) >= 11 is 0. The molecule has 1 aliphatic heterocycles. The highest BCUT2D eigenvalue weighted by molar-refractivity contribution is 5.80. The molecule has 0 radical (unpaired) electrons. The molecule has 2 heterocycles. The van der Waals surface area contributed by atoms with Gasteiger partial charge in [0.2, 0.25) is 5.67 Å². The molecular weight excluding hydrogens is 189 g/mol. The van der Waals surface area contributed by atoms with Crippen molar-refractivity contribution >= 4 is 5.97 Å². The molecule has 2 rings (SSSR count). The molecule has 2 N–H and O–H groups in total. The van der Waals surface area contributed by atoms with E-state index in [-0.39, 0.29) is 6.54 Å². The standard InChI is InChI=1S/C9H10FNO3/c10-9(8(12)13)5-11-3-7(9)6-1-2-14-4-6/h1-2,4,7,11H,3,5H2,(H,12,13). The molecule has 76 valence electrons. The predicted molar refractivity (Wildman–Crippen MR) is 45.8 cm³/mol. The van der Waals surface area contributed by atoms with E-state index < -0.39 is 17.6 Å². The van der Waals surface area contributed by atoms with Gasteiger partial charge in [-0.3, -0.25) is 0 Å². The molecule has 1 aromatic heterocycles. The number of halogens is 1. The molecule has 1 aromatic rings. The Bertz CT molecular complexity index is 338. The molecule has 1 aliphatic rings. The van der Waals surface area contributed by atoms with Gasteiger partial charge in [0, 0.05) is 19.0 Å². The third kappa shape index (κ3) is 1.21. The Morgan fingerprint density at radius 1 is 1.79 bits per heavy atom. The van der Waals surface area contributed by atoms with Gasteiger partial charge >= 0.3 is 5.97 Å². The Morgan fingerprint density at radius 2 is 2.57 bits per heavy atom. The van der Waals surface area contributed by atoms with Crippen LogP contribution in [0.3, 0.4) is 0 Å². The number of hydrogen-bond donors (Lipinski definition) is 2. The van der Waals surface area contributed by atoms with Crippen LogP contribution in [0.5, 0.6) is 0 Å². The third-order valence-electron chi connectivity index (χ3n) is 2.58. The summed E-state index contributed by atoms with van der Waals surface area (Å²) in [5.41, 5.74) is -1.64. The molecule has 4 nitrogen and oxygen atoms in total. The van der Waals surface area contributed by atoms with Crippen LogP contribution in [0.1, 0.15) is 11.5 Å². The highest BCUT2D eigenvalue weighted by Crippen LogP contribution is 2.35. The summed E-state index contributed by atoms with van der Waals surface area (Å²) in [7, 11) is 0. The minimum absolute atomic E-state index is 0.155. The van der Waals surface area contributed by atoms with Crippen molar-refractivity contribution in [1.29, 1.82) is 0 Å². The van der Waals surface area contributed by atoms with Gasteiger partial charge in [-0.25, -0.2) is 9.18 Å². The summed E-state index contributed by atoms with van der Waals surface area (Å²) in [6.45, 7) is 0.167. The predicted octanol–water partition coefficient (Wildman–Crippen LogP) is 0.759. The fourth-order valence-electron chi connectivity index (χ4n) is 1.76. The van der Waals surface area contributed by atoms with Gasteiger partial charge in [0.05, 0.1) is 12.5 Å². The first kappa shape index (κ1) is 9.21. The highest BCUT2D eigenvalue weighted by atomic mass is 19.1. The van der Waals surface area contributed by atoms with Gasteiger partial charge in [0.1, 0.15) is 0 Å². The van der Waals surface area contributed by atoms with E-state index in [0.717, 1.165) is 0 Å². The second-order valence-corrected chi connectivity index (χ2v) is 3.41. The number of aliphatic carboxylic acids is 1. The fourth-order valence-corrected chi connectivity index (χ4v) is 1.76. The van der Waals surface area contributed by atoms with Crippen LogP contribution in [0, 0.1) is 0 Å². The van der Waals surface area contributed by atoms with Crippen LogP contribution in [0.2, 0.25) is 0 Å². The lowest BCUT2D eigenvalue weighted by Gasteiger charge is -2.20. The summed E-state index contributed by atoms with van der Waals surface area (Å²) in [6, 6.07) is 1.59. The Morgan fingerprint density at radius 3 is 3.14 bits per heavy atom. The SMILES string of the molecule is O=C(O)C1(F)CNCC1c1ccoc1. The molecule has 0 amide bonds. The second kappa shape index (κ2) is 3.09. The third-order valence-corrected chi connectivity index (χ3v) is 2.58. The molecule has 2 unspecified atom stereocenters. The maximum absolute atomic E-state index is 14.0. The Kier molecular flexibility index (Phi) is 2.03. The van der Waals surface area contributed by atoms with Gasteiger partial charge < -0.3 is 14.8 Å². The van der Waals surface area contributed by atoms with Crippen LogP contribution in [-0.2, 0) is 4.79 Å². The first-order valence-corrected chi connectivity index (χ1v) is 4.30. The lowest BCUT2D eigenvalue weighted by Crippen LogP contribution is -2.40. The van der Waals surface area contributed by atoms with Gasteiger partial charge in [-0.15, -0.1) is 0 Å². The summed E-state index contributed by atoms with van der Waals surface area (Å²) in [4.78, 5) is 10.8. The van der Waals surface area contributed by atoms with Crippen molar-refractivity contribution in [2.45, 2.75) is 11.6 Å². The van der Waals surface area contributed by atoms with Crippen molar-refractivity contribution in [3.63, 3.8) is 0 Å². The maximum Gasteiger partial charge on any atom is 0.343 e. The monoisotopic (exact) mass is 199 g/mol. The minimum atomic E-state index is -2.22. The van der Waals surface area contributed by atoms with E-state index in [0.29, 0.717) is 12.1 Å². The summed E-state index contributed by atoms with van der Waals surface area (Å²) in [5, 5.41) is 11.5. The number of hydrogen-bond acceptors (Lipinski definition) is 3. The summed E-state index contributed by atoms with van der Waals surface area (Å²) in [5.74, 6) is -2.09. The molecule has 0 saturated carbocycles. The molecule has 14 heavy (non-hydrogen) atoms. The number of carbonyl (C=O) groups is 1. The normalized spacial score (nSPS) is 31.9. The van der Waals surface area contributed by atoms with Crippen molar-refractivity contribution < 1.29 is 18.7 Å². The topological polar surface area (TPSA) is 62.5 Å². The molecular formula is C9H10FNO3. The van der Waals surface area contributed by atoms with E-state index in [4.69, 9.17) is 9.52 Å². The zero-order valence-electron chi connectivity index (χ0n) is 7.37. The van der Waals surface area contributed by atoms with Crippen LogP contribution in [-0.4, -0.2) is 29.8 Å². The Balaban J connectivity index is 2.32. The van der Waals surface area contributed by atoms with Crippen LogP contribution >= 0.6 is 0 Å². The number of furan rings is 1. The first-order valence-electron chi connectivity index (χ1n) is 4.30. The number of carboxylic acid groups (broad SMARTS) is 1. The van der Waals surface area contributed by atoms with E-state index in [1.807, 2.05) is 0 Å². The Labute approximate surface area is 79.7 Å². The van der Waals surface area contributed by atoms with Crippen molar-refractivity contribution in [2.24, 2.45) is 0 Å². The lowest BCUT2D eigenvalue weighted by molar-refractivity contribution is -0.150. The first-order chi connectivity index (χ1) is 6.64. The van der Waals surface area contributed by atoms with Crippen LogP contribution in [0.25, 0.3) is 0 Å². The molecule has 2 atom stereocenters. The molecule has 0 aliphatic carbocycles. The van der Waals surface area contributed by atoms with Crippen LogP contribution < -0.4 is 5.32 Å².